The van der Waals surface area contributed by atoms with E-state index in [2.05, 4.69) is 25.6 Å². The molecule has 2 aromatic heterocycles. The number of amides is 1. The predicted molar refractivity (Wildman–Crippen MR) is 96.3 cm³/mol. The summed E-state index contributed by atoms with van der Waals surface area (Å²) >= 11 is 1.16. The van der Waals surface area contributed by atoms with Crippen LogP contribution in [0, 0.1) is 11.7 Å². The van der Waals surface area contributed by atoms with Crippen molar-refractivity contribution in [1.82, 2.24) is 30.3 Å². The molecule has 1 amide bonds. The number of nitrogens with zero attached hydrogens (tertiary/aromatic N) is 5. The summed E-state index contributed by atoms with van der Waals surface area (Å²) in [6.07, 6.45) is 2.97. The van der Waals surface area contributed by atoms with Gasteiger partial charge in [0.25, 0.3) is 5.22 Å². The van der Waals surface area contributed by atoms with Crippen LogP contribution in [0.5, 0.6) is 0 Å². The zero-order valence-electron chi connectivity index (χ0n) is 14.9. The van der Waals surface area contributed by atoms with Gasteiger partial charge in [-0.05, 0) is 23.6 Å². The third-order valence-electron chi connectivity index (χ3n) is 3.75. The highest BCUT2D eigenvalue weighted by atomic mass is 32.2. The zero-order chi connectivity index (χ0) is 19.2. The van der Waals surface area contributed by atoms with Crippen LogP contribution in [-0.2, 0) is 11.3 Å². The monoisotopic (exact) mass is 390 g/mol. The van der Waals surface area contributed by atoms with E-state index in [1.165, 1.54) is 18.5 Å². The van der Waals surface area contributed by atoms with Crippen LogP contribution in [0.3, 0.4) is 0 Å². The van der Waals surface area contributed by atoms with Gasteiger partial charge < -0.3 is 9.73 Å². The number of halogens is 1. The minimum atomic E-state index is -0.304. The molecule has 0 saturated heterocycles. The fraction of sp³-hybridized carbons (Fsp3) is 0.353. The summed E-state index contributed by atoms with van der Waals surface area (Å²) in [7, 11) is 0. The maximum absolute atomic E-state index is 13.1. The summed E-state index contributed by atoms with van der Waals surface area (Å²) in [5.41, 5.74) is 0.859. The lowest BCUT2D eigenvalue weighted by Crippen LogP contribution is -2.33. The second kappa shape index (κ2) is 8.76. The highest BCUT2D eigenvalue weighted by Crippen LogP contribution is 2.23. The number of carbonyl (C=O) groups excluding carboxylic acids is 1. The number of hydrogen-bond acceptors (Lipinski definition) is 7. The number of hydrogen-bond donors (Lipinski definition) is 1. The molecule has 27 heavy (non-hydrogen) atoms. The maximum Gasteiger partial charge on any atom is 0.277 e. The number of rotatable bonds is 8. The summed E-state index contributed by atoms with van der Waals surface area (Å²) in [5, 5.41) is 15.1. The van der Waals surface area contributed by atoms with E-state index in [1.54, 1.807) is 23.1 Å². The number of thioether (sulfide) groups is 1. The van der Waals surface area contributed by atoms with Crippen molar-refractivity contribution in [2.45, 2.75) is 31.7 Å². The number of carbonyl (C=O) groups is 1. The summed E-state index contributed by atoms with van der Waals surface area (Å²) in [6, 6.07) is 5.94. The quantitative estimate of drug-likeness (QED) is 0.590. The molecule has 0 aliphatic carbocycles. The first-order valence-corrected chi connectivity index (χ1v) is 9.32. The molecule has 0 aliphatic rings. The molecule has 3 aromatic rings. The van der Waals surface area contributed by atoms with Crippen molar-refractivity contribution in [3.05, 3.63) is 54.2 Å². The molecule has 1 N–H and O–H groups in total. The fourth-order valence-corrected chi connectivity index (χ4v) is 3.05. The number of aromatic nitrogens is 5. The van der Waals surface area contributed by atoms with E-state index in [1.807, 2.05) is 13.8 Å². The van der Waals surface area contributed by atoms with Gasteiger partial charge in [-0.15, -0.1) is 10.2 Å². The third-order valence-corrected chi connectivity index (χ3v) is 4.57. The van der Waals surface area contributed by atoms with Crippen LogP contribution < -0.4 is 5.32 Å². The minimum Gasteiger partial charge on any atom is -0.414 e. The van der Waals surface area contributed by atoms with Gasteiger partial charge in [-0.1, -0.05) is 37.7 Å². The van der Waals surface area contributed by atoms with E-state index in [0.717, 1.165) is 17.3 Å². The number of nitrogens with one attached hydrogen (secondary N) is 1. The van der Waals surface area contributed by atoms with E-state index < -0.39 is 0 Å². The van der Waals surface area contributed by atoms with Crippen LogP contribution in [-0.4, -0.2) is 36.6 Å². The lowest BCUT2D eigenvalue weighted by Gasteiger charge is -2.22. The largest absolute Gasteiger partial charge is 0.414 e. The average Bonchev–Trinajstić information content (AvgIpc) is 3.31. The lowest BCUT2D eigenvalue weighted by molar-refractivity contribution is -0.119. The Morgan fingerprint density at radius 1 is 1.30 bits per heavy atom. The van der Waals surface area contributed by atoms with Gasteiger partial charge in [0.2, 0.25) is 11.8 Å². The molecule has 3 rings (SSSR count). The lowest BCUT2D eigenvalue weighted by atomic mass is 9.96. The molecule has 1 atom stereocenters. The predicted octanol–water partition coefficient (Wildman–Crippen LogP) is 2.45. The first kappa shape index (κ1) is 19.0. The van der Waals surface area contributed by atoms with Crippen LogP contribution in [0.1, 0.15) is 31.3 Å². The van der Waals surface area contributed by atoms with Crippen LogP contribution >= 0.6 is 11.8 Å². The molecule has 1 unspecified atom stereocenters. The molecule has 2 heterocycles. The fourth-order valence-electron chi connectivity index (χ4n) is 2.46. The third kappa shape index (κ3) is 5.36. The van der Waals surface area contributed by atoms with E-state index in [-0.39, 0.29) is 29.4 Å². The van der Waals surface area contributed by atoms with Gasteiger partial charge in [0, 0.05) is 0 Å². The van der Waals surface area contributed by atoms with Crippen molar-refractivity contribution in [3.8, 4) is 0 Å². The Hall–Kier alpha value is -2.75. The minimum absolute atomic E-state index is 0.134. The molecule has 142 valence electrons. The Morgan fingerprint density at radius 2 is 2.07 bits per heavy atom. The van der Waals surface area contributed by atoms with Gasteiger partial charge in [-0.2, -0.15) is 5.10 Å². The Labute approximate surface area is 159 Å². The van der Waals surface area contributed by atoms with E-state index in [0.29, 0.717) is 17.7 Å². The SMILES string of the molecule is CC(C)C(NC(=O)CSc1nnc(Cn2cncn2)o1)c1ccc(F)cc1. The Kier molecular flexibility index (Phi) is 6.17. The molecule has 0 radical (unpaired) electrons. The van der Waals surface area contributed by atoms with Crippen LogP contribution in [0.4, 0.5) is 4.39 Å². The Bertz CT molecular complexity index is 866. The smallest absolute Gasteiger partial charge is 0.277 e. The van der Waals surface area contributed by atoms with Crippen molar-refractivity contribution in [2.24, 2.45) is 5.92 Å². The molecular weight excluding hydrogens is 371 g/mol. The molecule has 10 heteroatoms. The Morgan fingerprint density at radius 3 is 2.74 bits per heavy atom. The van der Waals surface area contributed by atoms with Gasteiger partial charge in [0.1, 0.15) is 25.0 Å². The van der Waals surface area contributed by atoms with Gasteiger partial charge >= 0.3 is 0 Å². The van der Waals surface area contributed by atoms with Crippen molar-refractivity contribution in [3.63, 3.8) is 0 Å². The van der Waals surface area contributed by atoms with Gasteiger partial charge in [-0.3, -0.25) is 4.79 Å². The normalized spacial score (nSPS) is 12.3. The Balaban J connectivity index is 1.53. The van der Waals surface area contributed by atoms with Crippen molar-refractivity contribution in [1.29, 1.82) is 0 Å². The van der Waals surface area contributed by atoms with E-state index in [9.17, 15) is 9.18 Å². The second-order valence-corrected chi connectivity index (χ2v) is 7.11. The molecule has 0 spiro atoms. The maximum atomic E-state index is 13.1. The summed E-state index contributed by atoms with van der Waals surface area (Å²) < 4.78 is 20.2. The van der Waals surface area contributed by atoms with Crippen LogP contribution in [0.2, 0.25) is 0 Å². The molecule has 1 aromatic carbocycles. The summed E-state index contributed by atoms with van der Waals surface area (Å²) in [6.45, 7) is 4.31. The first-order chi connectivity index (χ1) is 13.0. The number of benzene rings is 1. The topological polar surface area (TPSA) is 98.7 Å². The standard InChI is InChI=1S/C17H19FN6O2S/c1-11(2)16(12-3-5-13(18)6-4-12)21-14(25)8-27-17-23-22-15(26-17)7-24-10-19-9-20-24/h3-6,9-11,16H,7-8H2,1-2H3,(H,21,25). The van der Waals surface area contributed by atoms with E-state index in [4.69, 9.17) is 4.42 Å². The highest BCUT2D eigenvalue weighted by molar-refractivity contribution is 7.99. The van der Waals surface area contributed by atoms with Crippen molar-refractivity contribution in [2.75, 3.05) is 5.75 Å². The molecule has 0 fully saturated rings. The average molecular weight is 390 g/mol. The summed E-state index contributed by atoms with van der Waals surface area (Å²) in [5.74, 6) is 0.201. The van der Waals surface area contributed by atoms with Crippen molar-refractivity contribution < 1.29 is 13.6 Å². The first-order valence-electron chi connectivity index (χ1n) is 8.33. The zero-order valence-corrected chi connectivity index (χ0v) is 15.7. The molecule has 0 aliphatic heterocycles. The second-order valence-electron chi connectivity index (χ2n) is 6.18. The van der Waals surface area contributed by atoms with Gasteiger partial charge in [0.15, 0.2) is 0 Å². The van der Waals surface area contributed by atoms with Gasteiger partial charge in [0.05, 0.1) is 11.8 Å². The van der Waals surface area contributed by atoms with Crippen molar-refractivity contribution >= 4 is 17.7 Å². The molecule has 8 nitrogen and oxygen atoms in total. The highest BCUT2D eigenvalue weighted by Gasteiger charge is 2.19. The van der Waals surface area contributed by atoms with Gasteiger partial charge in [-0.25, -0.2) is 14.1 Å². The molecular formula is C17H19FN6O2S. The van der Waals surface area contributed by atoms with Crippen LogP contribution in [0.25, 0.3) is 0 Å². The molecule has 0 bridgehead atoms. The molecule has 0 saturated carbocycles. The van der Waals surface area contributed by atoms with E-state index >= 15 is 0 Å². The van der Waals surface area contributed by atoms with Crippen LogP contribution in [0.15, 0.2) is 46.6 Å². The summed E-state index contributed by atoms with van der Waals surface area (Å²) in [4.78, 5) is 16.2.